The van der Waals surface area contributed by atoms with Crippen molar-refractivity contribution in [2.75, 3.05) is 47.5 Å². The van der Waals surface area contributed by atoms with Gasteiger partial charge in [0.15, 0.2) is 6.10 Å². The zero-order valence-electron chi connectivity index (χ0n) is 48.8. The zero-order chi connectivity index (χ0) is 56.2. The van der Waals surface area contributed by atoms with E-state index >= 15 is 0 Å². The molecule has 9 nitrogen and oxygen atoms in total. The number of carbonyl (C=O) groups excluding carboxylic acids is 2. The Kier molecular flexibility index (Phi) is 52.9. The van der Waals surface area contributed by atoms with Gasteiger partial charge in [0.2, 0.25) is 0 Å². The molecule has 430 valence electrons. The van der Waals surface area contributed by atoms with Crippen molar-refractivity contribution in [1.29, 1.82) is 0 Å². The van der Waals surface area contributed by atoms with Crippen molar-refractivity contribution in [2.45, 2.75) is 193 Å². The maximum absolute atomic E-state index is 12.9. The number of hydrogen-bond donors (Lipinski definition) is 1. The summed E-state index contributed by atoms with van der Waals surface area (Å²) < 4.78 is 22.8. The van der Waals surface area contributed by atoms with Crippen LogP contribution in [-0.2, 0) is 33.3 Å². The molecule has 0 aliphatic rings. The Labute approximate surface area is 469 Å². The highest BCUT2D eigenvalue weighted by Crippen LogP contribution is 2.12. The minimum absolute atomic E-state index is 0.168. The molecule has 0 bridgehead atoms. The second-order valence-electron chi connectivity index (χ2n) is 19.8. The van der Waals surface area contributed by atoms with Crippen LogP contribution in [0.4, 0.5) is 0 Å². The lowest BCUT2D eigenvalue weighted by Crippen LogP contribution is -2.40. The summed E-state index contributed by atoms with van der Waals surface area (Å²) in [6.07, 6.45) is 83.0. The fourth-order valence-corrected chi connectivity index (χ4v) is 7.03. The van der Waals surface area contributed by atoms with E-state index in [0.29, 0.717) is 23.9 Å². The van der Waals surface area contributed by atoms with E-state index in [-0.39, 0.29) is 32.7 Å². The van der Waals surface area contributed by atoms with Crippen LogP contribution in [0, 0.1) is 0 Å². The molecule has 9 heteroatoms. The van der Waals surface area contributed by atoms with E-state index in [4.69, 9.17) is 18.9 Å². The molecule has 0 aliphatic carbocycles. The summed E-state index contributed by atoms with van der Waals surface area (Å²) in [6.45, 7) is 4.54. The fraction of sp³-hybridized carbons (Fsp3) is 0.544. The summed E-state index contributed by atoms with van der Waals surface area (Å²) in [6, 6.07) is 0. The van der Waals surface area contributed by atoms with Crippen LogP contribution in [0.25, 0.3) is 0 Å². The molecule has 0 aromatic heterocycles. The number of ether oxygens (including phenoxy) is 4. The van der Waals surface area contributed by atoms with Crippen LogP contribution in [0.5, 0.6) is 0 Å². The van der Waals surface area contributed by atoms with Gasteiger partial charge in [0.05, 0.1) is 34.4 Å². The molecule has 0 aliphatic heterocycles. The Morgan fingerprint density at radius 2 is 0.701 bits per heavy atom. The number of aliphatic carboxylic acids is 1. The first-order chi connectivity index (χ1) is 37.6. The molecule has 0 aromatic rings. The third-order valence-electron chi connectivity index (χ3n) is 11.5. The molecule has 0 rings (SSSR count). The molecule has 0 amide bonds. The molecule has 0 fully saturated rings. The topological polar surface area (TPSA) is 108 Å². The smallest absolute Gasteiger partial charge is 0.361 e. The highest BCUT2D eigenvalue weighted by molar-refractivity contribution is 5.71. The van der Waals surface area contributed by atoms with Gasteiger partial charge in [-0.2, -0.15) is 0 Å². The standard InChI is InChI=1S/C68H105NO8/c1-6-8-10-12-14-16-18-20-22-23-24-25-26-27-28-29-30-31-32-33-34-35-36-37-38-39-40-41-42-43-45-47-49-51-53-55-57-59-66(71)77-64(63-76-68(67(72)73)74-61-60-69(3,4)5)62-75-65(70)58-56-54-52-50-48-46-44-21-19-17-15-13-11-9-7-2/h8-11,14-17,20-22,24-25,27-28,30-31,33-34,36-37,39-40,42-44,48,50,64,68H,6-7,12-13,18-19,23,26,29,32,35,38,41,45-47,49,51-63H2,1-5H3/p+1/b10-8-,11-9-,16-14-,17-15-,22-20-,25-24-,28-27-,31-30-,34-33-,37-36-,40-39-,43-42-,44-21-,50-48-. The molecule has 0 saturated heterocycles. The number of likely N-dealkylation sites (N-methyl/N-ethyl adjacent to an activating group) is 1. The largest absolute Gasteiger partial charge is 0.477 e. The van der Waals surface area contributed by atoms with E-state index in [1.54, 1.807) is 0 Å². The highest BCUT2D eigenvalue weighted by Gasteiger charge is 2.25. The van der Waals surface area contributed by atoms with Crippen LogP contribution in [0.2, 0.25) is 0 Å². The molecule has 2 atom stereocenters. The number of carbonyl (C=O) groups is 3. The van der Waals surface area contributed by atoms with Crippen molar-refractivity contribution in [1.82, 2.24) is 0 Å². The number of quaternary nitrogens is 1. The summed E-state index contributed by atoms with van der Waals surface area (Å²) in [5.74, 6) is -2.11. The number of hydrogen-bond acceptors (Lipinski definition) is 7. The molecule has 2 unspecified atom stereocenters. The third kappa shape index (κ3) is 58.2. The summed E-state index contributed by atoms with van der Waals surface area (Å²) in [4.78, 5) is 37.3. The van der Waals surface area contributed by atoms with Crippen molar-refractivity contribution in [2.24, 2.45) is 0 Å². The lowest BCUT2D eigenvalue weighted by Gasteiger charge is -2.25. The second kappa shape index (κ2) is 56.8. The number of allylic oxidation sites excluding steroid dienone is 28. The predicted octanol–water partition coefficient (Wildman–Crippen LogP) is 17.6. The predicted molar refractivity (Wildman–Crippen MR) is 326 cm³/mol. The molecular weight excluding hydrogens is 959 g/mol. The zero-order valence-corrected chi connectivity index (χ0v) is 48.8. The fourth-order valence-electron chi connectivity index (χ4n) is 7.03. The SMILES string of the molecule is CC/C=C\C/C=C\C/C=C\C/C=C\C/C=C\C/C=C\C/C=C\C/C=C\C/C=C\C/C=C\CCCCCCCCC(=O)OC(COC(=O)CCCC/C=C\C/C=C\C/C=C\C/C=C\CC)COC(OCC[N+](C)(C)C)C(=O)O. The van der Waals surface area contributed by atoms with E-state index < -0.39 is 30.3 Å². The molecule has 0 spiro atoms. The summed E-state index contributed by atoms with van der Waals surface area (Å²) in [7, 11) is 5.93. The maximum Gasteiger partial charge on any atom is 0.361 e. The molecule has 0 saturated carbocycles. The maximum atomic E-state index is 12.9. The van der Waals surface area contributed by atoms with Gasteiger partial charge in [-0.05, 0) is 128 Å². The van der Waals surface area contributed by atoms with E-state index in [1.165, 1.54) is 0 Å². The van der Waals surface area contributed by atoms with Crippen LogP contribution in [0.1, 0.15) is 181 Å². The Hall–Kier alpha value is -5.35. The molecule has 0 aromatic carbocycles. The van der Waals surface area contributed by atoms with Crippen LogP contribution in [-0.4, -0.2) is 87.4 Å². The van der Waals surface area contributed by atoms with Crippen LogP contribution in [0.15, 0.2) is 170 Å². The first-order valence-corrected chi connectivity index (χ1v) is 29.3. The number of nitrogens with zero attached hydrogens (tertiary/aromatic N) is 1. The van der Waals surface area contributed by atoms with E-state index in [2.05, 4.69) is 184 Å². The lowest BCUT2D eigenvalue weighted by molar-refractivity contribution is -0.870. The third-order valence-corrected chi connectivity index (χ3v) is 11.5. The summed E-state index contributed by atoms with van der Waals surface area (Å²) >= 11 is 0. The average molecular weight is 1070 g/mol. The van der Waals surface area contributed by atoms with Crippen molar-refractivity contribution in [3.05, 3.63) is 170 Å². The first kappa shape index (κ1) is 71.7. The van der Waals surface area contributed by atoms with E-state index in [9.17, 15) is 19.5 Å². The van der Waals surface area contributed by atoms with Crippen LogP contribution < -0.4 is 0 Å². The quantitative estimate of drug-likeness (QED) is 0.0211. The molecule has 0 radical (unpaired) electrons. The second-order valence-corrected chi connectivity index (χ2v) is 19.8. The van der Waals surface area contributed by atoms with Gasteiger partial charge in [-0.1, -0.05) is 210 Å². The van der Waals surface area contributed by atoms with Crippen LogP contribution in [0.3, 0.4) is 0 Å². The Bertz CT molecular complexity index is 1860. The van der Waals surface area contributed by atoms with Gasteiger partial charge in [-0.15, -0.1) is 0 Å². The Morgan fingerprint density at radius 3 is 1.06 bits per heavy atom. The Balaban J connectivity index is 4.30. The average Bonchev–Trinajstić information content (AvgIpc) is 3.40. The van der Waals surface area contributed by atoms with Gasteiger partial charge in [0.1, 0.15) is 13.2 Å². The van der Waals surface area contributed by atoms with E-state index in [0.717, 1.165) is 141 Å². The number of carboxylic acid groups (broad SMARTS) is 1. The highest BCUT2D eigenvalue weighted by atomic mass is 16.7. The molecule has 77 heavy (non-hydrogen) atoms. The van der Waals surface area contributed by atoms with Gasteiger partial charge in [0, 0.05) is 12.8 Å². The summed E-state index contributed by atoms with van der Waals surface area (Å²) in [5.41, 5.74) is 0. The number of carboxylic acids is 1. The monoisotopic (exact) mass is 1060 g/mol. The molecule has 1 N–H and O–H groups in total. The normalized spacial score (nSPS) is 14.0. The van der Waals surface area contributed by atoms with Crippen molar-refractivity contribution in [3.8, 4) is 0 Å². The van der Waals surface area contributed by atoms with E-state index in [1.807, 2.05) is 21.1 Å². The van der Waals surface area contributed by atoms with Gasteiger partial charge < -0.3 is 28.5 Å². The molecule has 0 heterocycles. The van der Waals surface area contributed by atoms with Crippen molar-refractivity contribution < 1.29 is 42.9 Å². The lowest BCUT2D eigenvalue weighted by atomic mass is 10.1. The number of rotatable bonds is 51. The number of unbranched alkanes of at least 4 members (excludes halogenated alkanes) is 8. The van der Waals surface area contributed by atoms with Gasteiger partial charge in [-0.3, -0.25) is 9.59 Å². The first-order valence-electron chi connectivity index (χ1n) is 29.3. The minimum atomic E-state index is -1.54. The van der Waals surface area contributed by atoms with Gasteiger partial charge in [0.25, 0.3) is 6.29 Å². The van der Waals surface area contributed by atoms with Gasteiger partial charge >= 0.3 is 17.9 Å². The minimum Gasteiger partial charge on any atom is -0.477 e. The van der Waals surface area contributed by atoms with Crippen molar-refractivity contribution >= 4 is 17.9 Å². The summed E-state index contributed by atoms with van der Waals surface area (Å²) in [5, 5.41) is 9.69. The Morgan fingerprint density at radius 1 is 0.390 bits per heavy atom. The van der Waals surface area contributed by atoms with Crippen LogP contribution >= 0.6 is 0 Å². The molecular formula is C68H106NO8+. The van der Waals surface area contributed by atoms with Crippen molar-refractivity contribution in [3.63, 3.8) is 0 Å². The van der Waals surface area contributed by atoms with Gasteiger partial charge in [-0.25, -0.2) is 4.79 Å². The number of esters is 2.